The number of hydrazine groups is 1. The quantitative estimate of drug-likeness (QED) is 0.0325. The summed E-state index contributed by atoms with van der Waals surface area (Å²) >= 11 is 0. The van der Waals surface area contributed by atoms with E-state index in [0.29, 0.717) is 5.92 Å². The van der Waals surface area contributed by atoms with Crippen molar-refractivity contribution in [3.8, 4) is 0 Å². The van der Waals surface area contributed by atoms with Gasteiger partial charge in [0.05, 0.1) is 6.20 Å². The smallest absolute Gasteiger partial charge is 0.182 e. The Kier molecular flexibility index (Phi) is 44.7. The van der Waals surface area contributed by atoms with E-state index in [2.05, 4.69) is 51.4 Å². The summed E-state index contributed by atoms with van der Waals surface area (Å²) in [5.74, 6) is 1.43. The van der Waals surface area contributed by atoms with Crippen molar-refractivity contribution in [3.05, 3.63) is 6.20 Å². The Morgan fingerprint density at radius 3 is 1.18 bits per heavy atom. The first kappa shape index (κ1) is 56.8. The van der Waals surface area contributed by atoms with Gasteiger partial charge in [0.15, 0.2) is 5.82 Å². The first-order valence-electron chi connectivity index (χ1n) is 27.0. The number of aromatic nitrogens is 3. The highest BCUT2D eigenvalue weighted by Gasteiger charge is 2.12. The van der Waals surface area contributed by atoms with Crippen LogP contribution in [0.15, 0.2) is 6.20 Å². The maximum absolute atomic E-state index is 5.71. The topological polar surface area (TPSA) is 122 Å². The second-order valence-corrected chi connectivity index (χ2v) is 18.6. The third-order valence-electron chi connectivity index (χ3n) is 12.6. The van der Waals surface area contributed by atoms with Gasteiger partial charge >= 0.3 is 0 Å². The first-order valence-corrected chi connectivity index (χ1v) is 27.0. The highest BCUT2D eigenvalue weighted by atomic mass is 15.6. The second-order valence-electron chi connectivity index (χ2n) is 18.6. The average Bonchev–Trinajstić information content (AvgIpc) is 3.71. The van der Waals surface area contributed by atoms with Crippen LogP contribution in [-0.4, -0.2) is 72.4 Å². The SMILES string of the molecule is CCCCCCCCCCCCCCCCCCN(CCCCCCCCCCCCCCCCCC)Nc1cn(CCC(CNCCCCN)CNCCCCN)nn1. The summed E-state index contributed by atoms with van der Waals surface area (Å²) in [6.45, 7) is 13.3. The molecule has 0 radical (unpaired) electrons. The Labute approximate surface area is 374 Å². The van der Waals surface area contributed by atoms with Gasteiger partial charge in [-0.25, -0.2) is 5.01 Å². The van der Waals surface area contributed by atoms with E-state index in [9.17, 15) is 0 Å². The molecule has 356 valence electrons. The summed E-state index contributed by atoms with van der Waals surface area (Å²) in [4.78, 5) is 0. The third kappa shape index (κ3) is 39.6. The van der Waals surface area contributed by atoms with Gasteiger partial charge < -0.3 is 27.5 Å². The van der Waals surface area contributed by atoms with Gasteiger partial charge in [0.1, 0.15) is 0 Å². The second kappa shape index (κ2) is 47.2. The number of anilines is 1. The zero-order chi connectivity index (χ0) is 43.1. The van der Waals surface area contributed by atoms with Gasteiger partial charge in [0.2, 0.25) is 0 Å². The highest BCUT2D eigenvalue weighted by Crippen LogP contribution is 2.17. The van der Waals surface area contributed by atoms with Gasteiger partial charge in [-0.3, -0.25) is 4.68 Å². The molecule has 0 spiro atoms. The standard InChI is InChI=1S/C51H107N9/c1-3-5-7-9-11-13-15-17-19-21-23-25-27-29-31-37-44-59(45-38-32-30-28-26-24-22-20-18-16-14-12-10-8-6-4-2)57-51-49-60(58-56-51)46-39-50(47-54-42-35-33-40-52)48-55-43-36-34-41-53/h49-50,54-55,57H,3-48,52-53H2,1-2H3. The van der Waals surface area contributed by atoms with E-state index in [1.54, 1.807) is 0 Å². The van der Waals surface area contributed by atoms with E-state index in [-0.39, 0.29) is 0 Å². The zero-order valence-electron chi connectivity index (χ0n) is 40.6. The van der Waals surface area contributed by atoms with Crippen molar-refractivity contribution in [2.75, 3.05) is 57.8 Å². The summed E-state index contributed by atoms with van der Waals surface area (Å²) in [7, 11) is 0. The van der Waals surface area contributed by atoms with Gasteiger partial charge in [-0.1, -0.05) is 212 Å². The van der Waals surface area contributed by atoms with Crippen LogP contribution in [0.25, 0.3) is 0 Å². The van der Waals surface area contributed by atoms with Crippen LogP contribution in [0.5, 0.6) is 0 Å². The number of nitrogens with one attached hydrogen (secondary N) is 3. The van der Waals surface area contributed by atoms with Crippen molar-refractivity contribution in [1.82, 2.24) is 30.6 Å². The number of hydrogen-bond donors (Lipinski definition) is 5. The Hall–Kier alpha value is -1.26. The molecule has 0 amide bonds. The Bertz CT molecular complexity index is 893. The monoisotopic (exact) mass is 846 g/mol. The molecule has 0 unspecified atom stereocenters. The van der Waals surface area contributed by atoms with Gasteiger partial charge in [0, 0.05) is 19.6 Å². The minimum absolute atomic E-state index is 0.544. The molecule has 9 heteroatoms. The molecular weight excluding hydrogens is 739 g/mol. The number of aryl methyl sites for hydroxylation is 1. The minimum atomic E-state index is 0.544. The molecule has 0 bridgehead atoms. The lowest BCUT2D eigenvalue weighted by atomic mass is 10.0. The summed E-state index contributed by atoms with van der Waals surface area (Å²) in [5, 5.41) is 18.9. The van der Waals surface area contributed by atoms with Crippen LogP contribution in [-0.2, 0) is 6.54 Å². The van der Waals surface area contributed by atoms with Crippen LogP contribution >= 0.6 is 0 Å². The fraction of sp³-hybridized carbons (Fsp3) is 0.961. The van der Waals surface area contributed by atoms with E-state index >= 15 is 0 Å². The van der Waals surface area contributed by atoms with Crippen molar-refractivity contribution < 1.29 is 0 Å². The summed E-state index contributed by atoms with van der Waals surface area (Å²) in [6, 6.07) is 0. The lowest BCUT2D eigenvalue weighted by Gasteiger charge is -2.23. The molecule has 1 rings (SSSR count). The fourth-order valence-corrected chi connectivity index (χ4v) is 8.54. The lowest BCUT2D eigenvalue weighted by molar-refractivity contribution is 0.308. The number of rotatable bonds is 51. The molecular formula is C51H107N9. The summed E-state index contributed by atoms with van der Waals surface area (Å²) in [6.07, 6.45) is 52.7. The Morgan fingerprint density at radius 2 is 0.833 bits per heavy atom. The molecule has 0 aliphatic heterocycles. The van der Waals surface area contributed by atoms with Crippen molar-refractivity contribution in [2.45, 2.75) is 258 Å². The number of unbranched alkanes of at least 4 members (excludes halogenated alkanes) is 32. The van der Waals surface area contributed by atoms with E-state index in [0.717, 1.165) is 96.8 Å². The molecule has 0 saturated heterocycles. The maximum Gasteiger partial charge on any atom is 0.182 e. The van der Waals surface area contributed by atoms with Crippen LogP contribution in [0.4, 0.5) is 5.82 Å². The minimum Gasteiger partial charge on any atom is -0.330 e. The Balaban J connectivity index is 2.42. The molecule has 1 aromatic rings. The van der Waals surface area contributed by atoms with Crippen molar-refractivity contribution in [2.24, 2.45) is 17.4 Å². The van der Waals surface area contributed by atoms with Gasteiger partial charge in [-0.05, 0) is 90.1 Å². The third-order valence-corrected chi connectivity index (χ3v) is 12.6. The van der Waals surface area contributed by atoms with Crippen LogP contribution < -0.4 is 27.5 Å². The molecule has 0 fully saturated rings. The van der Waals surface area contributed by atoms with E-state index < -0.39 is 0 Å². The highest BCUT2D eigenvalue weighted by molar-refractivity contribution is 5.27. The molecule has 0 aliphatic rings. The maximum atomic E-state index is 5.71. The van der Waals surface area contributed by atoms with Crippen LogP contribution in [0.3, 0.4) is 0 Å². The zero-order valence-corrected chi connectivity index (χ0v) is 40.6. The molecule has 0 saturated carbocycles. The van der Waals surface area contributed by atoms with Gasteiger partial charge in [0.25, 0.3) is 0 Å². The molecule has 7 N–H and O–H groups in total. The largest absolute Gasteiger partial charge is 0.330 e. The number of hydrogen-bond acceptors (Lipinski definition) is 8. The van der Waals surface area contributed by atoms with Crippen LogP contribution in [0, 0.1) is 5.92 Å². The molecule has 9 nitrogen and oxygen atoms in total. The van der Waals surface area contributed by atoms with Crippen molar-refractivity contribution in [3.63, 3.8) is 0 Å². The summed E-state index contributed by atoms with van der Waals surface area (Å²) in [5.41, 5.74) is 15.1. The predicted octanol–water partition coefficient (Wildman–Crippen LogP) is 13.1. The normalized spacial score (nSPS) is 11.8. The fourth-order valence-electron chi connectivity index (χ4n) is 8.54. The van der Waals surface area contributed by atoms with Gasteiger partial charge in [-0.2, -0.15) is 0 Å². The average molecular weight is 846 g/mol. The molecule has 0 aliphatic carbocycles. The molecule has 1 heterocycles. The molecule has 0 aromatic carbocycles. The first-order chi connectivity index (χ1) is 29.7. The summed E-state index contributed by atoms with van der Waals surface area (Å²) < 4.78 is 2.04. The number of nitrogens with two attached hydrogens (primary N) is 2. The van der Waals surface area contributed by atoms with Crippen molar-refractivity contribution >= 4 is 5.82 Å². The molecule has 1 aromatic heterocycles. The predicted molar refractivity (Wildman–Crippen MR) is 265 cm³/mol. The molecule has 60 heavy (non-hydrogen) atoms. The number of nitrogens with zero attached hydrogens (tertiary/aromatic N) is 4. The lowest BCUT2D eigenvalue weighted by Crippen LogP contribution is -2.33. The van der Waals surface area contributed by atoms with E-state index in [4.69, 9.17) is 11.5 Å². The van der Waals surface area contributed by atoms with Crippen LogP contribution in [0.2, 0.25) is 0 Å². The van der Waals surface area contributed by atoms with E-state index in [1.807, 2.05) is 4.68 Å². The molecule has 0 atom stereocenters. The van der Waals surface area contributed by atoms with E-state index in [1.165, 1.54) is 205 Å². The van der Waals surface area contributed by atoms with Crippen molar-refractivity contribution in [1.29, 1.82) is 0 Å². The Morgan fingerprint density at radius 1 is 0.483 bits per heavy atom. The van der Waals surface area contributed by atoms with Crippen LogP contribution in [0.1, 0.15) is 251 Å². The van der Waals surface area contributed by atoms with Gasteiger partial charge in [-0.15, -0.1) is 5.10 Å².